The summed E-state index contributed by atoms with van der Waals surface area (Å²) in [7, 11) is 0. The van der Waals surface area contributed by atoms with Gasteiger partial charge in [-0.3, -0.25) is 19.2 Å². The average Bonchev–Trinajstić information content (AvgIpc) is 2.65. The third kappa shape index (κ3) is 8.84. The number of nitrogens with one attached hydrogen (secondary N) is 3. The minimum Gasteiger partial charge on any atom is -0.481 e. The number of hydrogen-bond acceptors (Lipinski definition) is 6. The van der Waals surface area contributed by atoms with E-state index < -0.39 is 60.8 Å². The van der Waals surface area contributed by atoms with Crippen molar-refractivity contribution >= 4 is 29.7 Å². The summed E-state index contributed by atoms with van der Waals surface area (Å²) in [6.07, 6.45) is -0.795. The fraction of sp³-hybridized carbons (Fsp3) is 0.389. The van der Waals surface area contributed by atoms with Gasteiger partial charge in [0, 0.05) is 6.42 Å². The van der Waals surface area contributed by atoms with Crippen molar-refractivity contribution in [2.75, 3.05) is 6.54 Å². The molecule has 0 radical (unpaired) electrons. The molecule has 1 rings (SSSR count). The van der Waals surface area contributed by atoms with Crippen LogP contribution in [0.15, 0.2) is 30.3 Å². The predicted molar refractivity (Wildman–Crippen MR) is 101 cm³/mol. The van der Waals surface area contributed by atoms with E-state index in [0.29, 0.717) is 5.56 Å². The van der Waals surface area contributed by atoms with E-state index in [2.05, 4.69) is 16.0 Å². The van der Waals surface area contributed by atoms with E-state index in [0.717, 1.165) is 0 Å². The minimum atomic E-state index is -1.66. The van der Waals surface area contributed by atoms with Crippen molar-refractivity contribution in [1.82, 2.24) is 16.0 Å². The van der Waals surface area contributed by atoms with E-state index in [1.807, 2.05) is 0 Å². The molecular weight excluding hydrogens is 384 g/mol. The molecule has 1 aromatic rings. The monoisotopic (exact) mass is 408 g/mol. The maximum atomic E-state index is 12.5. The number of nitrogens with two attached hydrogens (primary N) is 1. The van der Waals surface area contributed by atoms with Crippen molar-refractivity contribution in [1.29, 1.82) is 0 Å². The molecule has 29 heavy (non-hydrogen) atoms. The van der Waals surface area contributed by atoms with Crippen LogP contribution in [0.2, 0.25) is 0 Å². The highest BCUT2D eigenvalue weighted by Crippen LogP contribution is 2.05. The minimum absolute atomic E-state index is 0.0268. The number of carbonyl (C=O) groups excluding carboxylic acids is 3. The Morgan fingerprint density at radius 1 is 0.966 bits per heavy atom. The predicted octanol–water partition coefficient (Wildman–Crippen LogP) is -1.78. The Hall–Kier alpha value is -3.47. The summed E-state index contributed by atoms with van der Waals surface area (Å²) in [5.41, 5.74) is 6.06. The topological polar surface area (TPSA) is 188 Å². The van der Waals surface area contributed by atoms with Crippen LogP contribution in [0, 0.1) is 0 Å². The molecule has 3 unspecified atom stereocenters. The van der Waals surface area contributed by atoms with Crippen molar-refractivity contribution in [2.24, 2.45) is 5.73 Å². The number of benzene rings is 1. The number of carboxylic acids is 2. The van der Waals surface area contributed by atoms with Crippen molar-refractivity contribution in [3.8, 4) is 0 Å². The second kappa shape index (κ2) is 11.4. The second-order valence-corrected chi connectivity index (χ2v) is 6.31. The molecule has 0 aromatic heterocycles. The molecule has 1 aromatic carbocycles. The smallest absolute Gasteiger partial charge is 0.326 e. The third-order valence-electron chi connectivity index (χ3n) is 3.76. The van der Waals surface area contributed by atoms with Crippen LogP contribution in [-0.4, -0.2) is 64.5 Å². The highest BCUT2D eigenvalue weighted by Gasteiger charge is 2.28. The third-order valence-corrected chi connectivity index (χ3v) is 3.76. The molecular formula is C18H24N4O7. The van der Waals surface area contributed by atoms with Crippen LogP contribution < -0.4 is 21.7 Å². The van der Waals surface area contributed by atoms with Crippen LogP contribution in [0.25, 0.3) is 0 Å². The summed E-state index contributed by atoms with van der Waals surface area (Å²) in [4.78, 5) is 58.1. The van der Waals surface area contributed by atoms with Gasteiger partial charge in [-0.25, -0.2) is 4.79 Å². The summed E-state index contributed by atoms with van der Waals surface area (Å²) in [5, 5.41) is 24.7. The molecule has 0 bridgehead atoms. The first-order valence-corrected chi connectivity index (χ1v) is 8.71. The van der Waals surface area contributed by atoms with Gasteiger partial charge in [0.25, 0.3) is 0 Å². The summed E-state index contributed by atoms with van der Waals surface area (Å²) < 4.78 is 0. The Kier molecular flexibility index (Phi) is 9.26. The molecule has 0 aliphatic rings. The Bertz CT molecular complexity index is 752. The van der Waals surface area contributed by atoms with Gasteiger partial charge in [-0.1, -0.05) is 30.3 Å². The average molecular weight is 408 g/mol. The molecule has 11 nitrogen and oxygen atoms in total. The van der Waals surface area contributed by atoms with Crippen LogP contribution in [-0.2, 0) is 30.4 Å². The molecule has 0 fully saturated rings. The zero-order valence-corrected chi connectivity index (χ0v) is 15.8. The van der Waals surface area contributed by atoms with E-state index in [-0.39, 0.29) is 6.42 Å². The molecule has 0 aliphatic carbocycles. The lowest BCUT2D eigenvalue weighted by Gasteiger charge is -2.21. The SMILES string of the molecule is CC(N)C(=O)NCC(=O)NC(Cc1ccccc1)C(=O)NC(CC(=O)O)C(=O)O. The summed E-state index contributed by atoms with van der Waals surface area (Å²) in [6, 6.07) is 4.94. The number of hydrogen-bond donors (Lipinski definition) is 6. The summed E-state index contributed by atoms with van der Waals surface area (Å²) in [5.74, 6) is -5.04. The van der Waals surface area contributed by atoms with Gasteiger partial charge in [0.05, 0.1) is 19.0 Å². The fourth-order valence-electron chi connectivity index (χ4n) is 2.28. The molecule has 11 heteroatoms. The van der Waals surface area contributed by atoms with Gasteiger partial charge >= 0.3 is 11.9 Å². The first kappa shape index (κ1) is 23.6. The normalized spacial score (nSPS) is 13.4. The molecule has 3 atom stereocenters. The molecule has 0 heterocycles. The Morgan fingerprint density at radius 3 is 2.10 bits per heavy atom. The zero-order valence-electron chi connectivity index (χ0n) is 15.8. The standard InChI is InChI=1S/C18H24N4O7/c1-10(19)16(26)20-9-14(23)21-12(7-11-5-3-2-4-6-11)17(27)22-13(18(28)29)8-15(24)25/h2-6,10,12-13H,7-9,19H2,1H3,(H,20,26)(H,21,23)(H,22,27)(H,24,25)(H,28,29). The molecule has 158 valence electrons. The molecule has 0 aliphatic heterocycles. The first-order chi connectivity index (χ1) is 13.6. The lowest BCUT2D eigenvalue weighted by Crippen LogP contribution is -2.54. The van der Waals surface area contributed by atoms with Crippen LogP contribution in [0.4, 0.5) is 0 Å². The number of carboxylic acid groups (broad SMARTS) is 2. The highest BCUT2D eigenvalue weighted by molar-refractivity contribution is 5.93. The quantitative estimate of drug-likeness (QED) is 0.248. The summed E-state index contributed by atoms with van der Waals surface area (Å²) in [6.45, 7) is 1.00. The maximum Gasteiger partial charge on any atom is 0.326 e. The number of rotatable bonds is 11. The Morgan fingerprint density at radius 2 is 1.59 bits per heavy atom. The van der Waals surface area contributed by atoms with Gasteiger partial charge in [-0.2, -0.15) is 0 Å². The van der Waals surface area contributed by atoms with E-state index in [1.54, 1.807) is 30.3 Å². The van der Waals surface area contributed by atoms with Gasteiger partial charge in [0.15, 0.2) is 0 Å². The molecule has 0 spiro atoms. The van der Waals surface area contributed by atoms with Crippen molar-refractivity contribution in [3.05, 3.63) is 35.9 Å². The van der Waals surface area contributed by atoms with Crippen molar-refractivity contribution in [3.63, 3.8) is 0 Å². The maximum absolute atomic E-state index is 12.5. The number of amides is 3. The van der Waals surface area contributed by atoms with Gasteiger partial charge in [-0.05, 0) is 12.5 Å². The summed E-state index contributed by atoms with van der Waals surface area (Å²) >= 11 is 0. The van der Waals surface area contributed by atoms with Gasteiger partial charge in [-0.15, -0.1) is 0 Å². The largest absolute Gasteiger partial charge is 0.481 e. The zero-order chi connectivity index (χ0) is 22.0. The van der Waals surface area contributed by atoms with E-state index in [4.69, 9.17) is 15.9 Å². The van der Waals surface area contributed by atoms with Crippen molar-refractivity contribution in [2.45, 2.75) is 37.9 Å². The molecule has 3 amide bonds. The van der Waals surface area contributed by atoms with Crippen LogP contribution >= 0.6 is 0 Å². The Balaban J connectivity index is 2.87. The van der Waals surface area contributed by atoms with Crippen molar-refractivity contribution < 1.29 is 34.2 Å². The second-order valence-electron chi connectivity index (χ2n) is 6.31. The van der Waals surface area contributed by atoms with Crippen LogP contribution in [0.5, 0.6) is 0 Å². The lowest BCUT2D eigenvalue weighted by molar-refractivity contribution is -0.147. The Labute approximate surface area is 166 Å². The highest BCUT2D eigenvalue weighted by atomic mass is 16.4. The van der Waals surface area contributed by atoms with Crippen LogP contribution in [0.1, 0.15) is 18.9 Å². The van der Waals surface area contributed by atoms with Crippen LogP contribution in [0.3, 0.4) is 0 Å². The number of carbonyl (C=O) groups is 5. The molecule has 0 saturated carbocycles. The van der Waals surface area contributed by atoms with E-state index in [9.17, 15) is 24.0 Å². The molecule has 0 saturated heterocycles. The fourth-order valence-corrected chi connectivity index (χ4v) is 2.28. The van der Waals surface area contributed by atoms with Gasteiger partial charge in [0.2, 0.25) is 17.7 Å². The number of aliphatic carboxylic acids is 2. The van der Waals surface area contributed by atoms with E-state index in [1.165, 1.54) is 6.92 Å². The first-order valence-electron chi connectivity index (χ1n) is 8.71. The molecule has 7 N–H and O–H groups in total. The van der Waals surface area contributed by atoms with E-state index >= 15 is 0 Å². The van der Waals surface area contributed by atoms with Gasteiger partial charge < -0.3 is 31.9 Å². The lowest BCUT2D eigenvalue weighted by atomic mass is 10.0. The van der Waals surface area contributed by atoms with Gasteiger partial charge in [0.1, 0.15) is 12.1 Å².